The Balaban J connectivity index is 1.39. The third-order valence-corrected chi connectivity index (χ3v) is 6.81. The molecule has 0 aliphatic carbocycles. The van der Waals surface area contributed by atoms with Crippen molar-refractivity contribution in [1.82, 2.24) is 15.1 Å². The first-order valence-electron chi connectivity index (χ1n) is 12.0. The predicted molar refractivity (Wildman–Crippen MR) is 123 cm³/mol. The van der Waals surface area contributed by atoms with Crippen LogP contribution in [0.1, 0.15) is 76.1 Å². The van der Waals surface area contributed by atoms with E-state index in [0.29, 0.717) is 23.9 Å². The Labute approximate surface area is 187 Å². The van der Waals surface area contributed by atoms with Gasteiger partial charge in [0.2, 0.25) is 0 Å². The molecule has 2 amide bonds. The molecule has 6 nitrogen and oxygen atoms in total. The maximum Gasteiger partial charge on any atom is 0.260 e. The van der Waals surface area contributed by atoms with Crippen LogP contribution in [0.15, 0.2) is 24.3 Å². The van der Waals surface area contributed by atoms with E-state index < -0.39 is 0 Å². The van der Waals surface area contributed by atoms with Crippen LogP contribution in [0, 0.1) is 0 Å². The monoisotopic (exact) mass is 429 g/mol. The summed E-state index contributed by atoms with van der Waals surface area (Å²) in [6, 6.07) is 8.24. The standard InChI is InChI=1S/C25H39N3O3/c1-19-8-4-5-16-27(19)17-7-15-26-25(30)22-11-13-23(14-12-22)31-18-24(29)28-20(2)9-6-10-21(28)3/h11-14,19-21H,4-10,15-18H2,1-3H3,(H,26,30). The number of likely N-dealkylation sites (tertiary alicyclic amines) is 2. The number of nitrogens with one attached hydrogen (secondary N) is 1. The minimum atomic E-state index is -0.0646. The van der Waals surface area contributed by atoms with Gasteiger partial charge in [0.15, 0.2) is 6.61 Å². The second-order valence-electron chi connectivity index (χ2n) is 9.23. The second kappa shape index (κ2) is 11.5. The van der Waals surface area contributed by atoms with Gasteiger partial charge >= 0.3 is 0 Å². The molecule has 1 aromatic carbocycles. The number of piperidine rings is 2. The number of nitrogens with zero attached hydrogens (tertiary/aromatic N) is 2. The highest BCUT2D eigenvalue weighted by Crippen LogP contribution is 2.23. The number of ether oxygens (including phenoxy) is 1. The van der Waals surface area contributed by atoms with Crippen LogP contribution < -0.4 is 10.1 Å². The summed E-state index contributed by atoms with van der Waals surface area (Å²) in [5.74, 6) is 0.580. The highest BCUT2D eigenvalue weighted by molar-refractivity contribution is 5.94. The molecule has 2 aliphatic rings. The van der Waals surface area contributed by atoms with Crippen LogP contribution in [0.25, 0.3) is 0 Å². The minimum absolute atomic E-state index is 0.0320. The third kappa shape index (κ3) is 6.70. The summed E-state index contributed by atoms with van der Waals surface area (Å²) in [7, 11) is 0. The fourth-order valence-electron chi connectivity index (χ4n) is 4.91. The molecule has 2 heterocycles. The highest BCUT2D eigenvalue weighted by Gasteiger charge is 2.29. The molecule has 0 radical (unpaired) electrons. The molecule has 0 spiro atoms. The first kappa shape index (κ1) is 23.6. The lowest BCUT2D eigenvalue weighted by Crippen LogP contribution is -2.49. The Bertz CT molecular complexity index is 711. The lowest BCUT2D eigenvalue weighted by Gasteiger charge is -2.38. The van der Waals surface area contributed by atoms with Crippen molar-refractivity contribution in [2.45, 2.75) is 83.8 Å². The zero-order valence-electron chi connectivity index (χ0n) is 19.4. The summed E-state index contributed by atoms with van der Waals surface area (Å²) < 4.78 is 5.70. The largest absolute Gasteiger partial charge is 0.484 e. The molecule has 6 heteroatoms. The second-order valence-corrected chi connectivity index (χ2v) is 9.23. The molecule has 3 atom stereocenters. The van der Waals surface area contributed by atoms with Gasteiger partial charge in [0.1, 0.15) is 5.75 Å². The zero-order chi connectivity index (χ0) is 22.2. The van der Waals surface area contributed by atoms with Gasteiger partial charge in [0, 0.05) is 36.8 Å². The van der Waals surface area contributed by atoms with Gasteiger partial charge in [-0.2, -0.15) is 0 Å². The van der Waals surface area contributed by atoms with Crippen LogP contribution >= 0.6 is 0 Å². The Morgan fingerprint density at radius 1 is 0.968 bits per heavy atom. The first-order valence-corrected chi connectivity index (χ1v) is 12.0. The van der Waals surface area contributed by atoms with Crippen molar-refractivity contribution in [3.05, 3.63) is 29.8 Å². The van der Waals surface area contributed by atoms with E-state index in [4.69, 9.17) is 4.74 Å². The number of carbonyl (C=O) groups excluding carboxylic acids is 2. The molecule has 1 aromatic rings. The van der Waals surface area contributed by atoms with Gasteiger partial charge in [-0.15, -0.1) is 0 Å². The van der Waals surface area contributed by atoms with Crippen molar-refractivity contribution >= 4 is 11.8 Å². The molecule has 1 N–H and O–H groups in total. The van der Waals surface area contributed by atoms with E-state index in [1.54, 1.807) is 24.3 Å². The molecule has 0 bridgehead atoms. The molecule has 172 valence electrons. The number of hydrogen-bond donors (Lipinski definition) is 1. The van der Waals surface area contributed by atoms with Gasteiger partial charge in [-0.05, 0) is 90.1 Å². The van der Waals surface area contributed by atoms with E-state index in [0.717, 1.165) is 25.8 Å². The first-order chi connectivity index (χ1) is 15.0. The summed E-state index contributed by atoms with van der Waals surface area (Å²) >= 11 is 0. The van der Waals surface area contributed by atoms with Gasteiger partial charge in [0.25, 0.3) is 11.8 Å². The molecule has 3 rings (SSSR count). The van der Waals surface area contributed by atoms with Crippen molar-refractivity contribution in [2.24, 2.45) is 0 Å². The fourth-order valence-corrected chi connectivity index (χ4v) is 4.91. The van der Waals surface area contributed by atoms with Gasteiger partial charge in [-0.1, -0.05) is 6.42 Å². The minimum Gasteiger partial charge on any atom is -0.484 e. The summed E-state index contributed by atoms with van der Waals surface area (Å²) in [6.45, 7) is 9.44. The Kier molecular flexibility index (Phi) is 8.76. The van der Waals surface area contributed by atoms with Crippen LogP contribution in [0.4, 0.5) is 0 Å². The lowest BCUT2D eigenvalue weighted by atomic mass is 9.97. The lowest BCUT2D eigenvalue weighted by molar-refractivity contribution is -0.139. The topological polar surface area (TPSA) is 61.9 Å². The number of carbonyl (C=O) groups is 2. The van der Waals surface area contributed by atoms with E-state index >= 15 is 0 Å². The Morgan fingerprint density at radius 2 is 1.65 bits per heavy atom. The smallest absolute Gasteiger partial charge is 0.260 e. The van der Waals surface area contributed by atoms with Gasteiger partial charge in [-0.25, -0.2) is 0 Å². The van der Waals surface area contributed by atoms with Crippen molar-refractivity contribution in [3.8, 4) is 5.75 Å². The van der Waals surface area contributed by atoms with Crippen molar-refractivity contribution in [1.29, 1.82) is 0 Å². The summed E-state index contributed by atoms with van der Waals surface area (Å²) in [5, 5.41) is 3.01. The van der Waals surface area contributed by atoms with Crippen molar-refractivity contribution < 1.29 is 14.3 Å². The number of hydrogen-bond acceptors (Lipinski definition) is 4. The molecule has 3 unspecified atom stereocenters. The molecule has 0 saturated carbocycles. The molecular formula is C25H39N3O3. The molecule has 31 heavy (non-hydrogen) atoms. The average Bonchev–Trinajstić information content (AvgIpc) is 2.76. The van der Waals surface area contributed by atoms with Crippen LogP contribution in [0.5, 0.6) is 5.75 Å². The quantitative estimate of drug-likeness (QED) is 0.638. The maximum atomic E-state index is 12.6. The molecule has 0 aromatic heterocycles. The van der Waals surface area contributed by atoms with Crippen LogP contribution in [-0.4, -0.2) is 66.0 Å². The van der Waals surface area contributed by atoms with Gasteiger partial charge in [0.05, 0.1) is 0 Å². The van der Waals surface area contributed by atoms with E-state index in [9.17, 15) is 9.59 Å². The van der Waals surface area contributed by atoms with Crippen molar-refractivity contribution in [2.75, 3.05) is 26.2 Å². The number of amides is 2. The average molecular weight is 430 g/mol. The normalized spacial score (nSPS) is 24.6. The SMILES string of the molecule is CC1CCCCN1CCCNC(=O)c1ccc(OCC(=O)N2C(C)CCCC2C)cc1. The summed E-state index contributed by atoms with van der Waals surface area (Å²) in [6.07, 6.45) is 8.14. The van der Waals surface area contributed by atoms with Crippen LogP contribution in [0.2, 0.25) is 0 Å². The van der Waals surface area contributed by atoms with Crippen LogP contribution in [0.3, 0.4) is 0 Å². The highest BCUT2D eigenvalue weighted by atomic mass is 16.5. The third-order valence-electron chi connectivity index (χ3n) is 6.81. The van der Waals surface area contributed by atoms with Gasteiger partial charge in [-0.3, -0.25) is 9.59 Å². The molecule has 2 saturated heterocycles. The summed E-state index contributed by atoms with van der Waals surface area (Å²) in [4.78, 5) is 29.4. The zero-order valence-corrected chi connectivity index (χ0v) is 19.4. The van der Waals surface area contributed by atoms with E-state index in [1.165, 1.54) is 32.2 Å². The maximum absolute atomic E-state index is 12.6. The Hall–Kier alpha value is -2.08. The predicted octanol–water partition coefficient (Wildman–Crippen LogP) is 3.85. The number of benzene rings is 1. The summed E-state index contributed by atoms with van der Waals surface area (Å²) in [5.41, 5.74) is 0.614. The van der Waals surface area contributed by atoms with E-state index in [1.807, 2.05) is 4.90 Å². The molecule has 2 fully saturated rings. The molecular weight excluding hydrogens is 390 g/mol. The van der Waals surface area contributed by atoms with Crippen molar-refractivity contribution in [3.63, 3.8) is 0 Å². The van der Waals surface area contributed by atoms with Gasteiger partial charge < -0.3 is 19.9 Å². The van der Waals surface area contributed by atoms with Crippen LogP contribution in [-0.2, 0) is 4.79 Å². The fraction of sp³-hybridized carbons (Fsp3) is 0.680. The van der Waals surface area contributed by atoms with E-state index in [-0.39, 0.29) is 30.5 Å². The Morgan fingerprint density at radius 3 is 2.32 bits per heavy atom. The molecule has 2 aliphatic heterocycles. The van der Waals surface area contributed by atoms with E-state index in [2.05, 4.69) is 31.0 Å². The number of rotatable bonds is 8.